The van der Waals surface area contributed by atoms with Crippen LogP contribution in [0.25, 0.3) is 0 Å². The topological polar surface area (TPSA) is 73.7 Å². The molecule has 1 unspecified atom stereocenters. The first-order chi connectivity index (χ1) is 13.3. The van der Waals surface area contributed by atoms with Crippen molar-refractivity contribution in [1.29, 1.82) is 0 Å². The van der Waals surface area contributed by atoms with Crippen molar-refractivity contribution in [1.82, 2.24) is 9.88 Å². The Bertz CT molecular complexity index is 853. The highest BCUT2D eigenvalue weighted by molar-refractivity contribution is 5.95. The molecule has 1 saturated carbocycles. The van der Waals surface area contributed by atoms with Crippen LogP contribution in [0.4, 0.5) is 8.78 Å². The molecule has 148 valence electrons. The molecule has 5 nitrogen and oxygen atoms in total. The van der Waals surface area contributed by atoms with Gasteiger partial charge in [-0.25, -0.2) is 13.8 Å². The van der Waals surface area contributed by atoms with E-state index in [0.717, 1.165) is 0 Å². The molecule has 0 radical (unpaired) electrons. The van der Waals surface area contributed by atoms with E-state index < -0.39 is 17.2 Å². The number of aromatic nitrogens is 1. The molecule has 1 saturated heterocycles. The van der Waals surface area contributed by atoms with E-state index in [9.17, 15) is 23.8 Å². The van der Waals surface area contributed by atoms with Gasteiger partial charge in [-0.1, -0.05) is 6.07 Å². The van der Waals surface area contributed by atoms with Gasteiger partial charge in [0.25, 0.3) is 0 Å². The zero-order valence-electron chi connectivity index (χ0n) is 15.3. The van der Waals surface area contributed by atoms with Crippen LogP contribution in [0, 0.1) is 23.5 Å². The Morgan fingerprint density at radius 2 is 1.79 bits per heavy atom. The van der Waals surface area contributed by atoms with E-state index in [0.29, 0.717) is 31.6 Å². The minimum absolute atomic E-state index is 0.0119. The molecule has 2 fully saturated rings. The van der Waals surface area contributed by atoms with E-state index >= 15 is 0 Å². The lowest BCUT2D eigenvalue weighted by Crippen LogP contribution is -2.34. The van der Waals surface area contributed by atoms with E-state index in [1.807, 2.05) is 4.90 Å². The Hall–Kier alpha value is -2.38. The highest BCUT2D eigenvalue weighted by atomic mass is 19.1. The molecule has 1 aromatic heterocycles. The molecule has 2 N–H and O–H groups in total. The summed E-state index contributed by atoms with van der Waals surface area (Å²) >= 11 is 0. The second-order valence-corrected chi connectivity index (χ2v) is 8.05. The molecule has 1 aliphatic carbocycles. The summed E-state index contributed by atoms with van der Waals surface area (Å²) in [7, 11) is 0. The van der Waals surface area contributed by atoms with E-state index in [2.05, 4.69) is 4.98 Å². The van der Waals surface area contributed by atoms with Crippen molar-refractivity contribution in [2.75, 3.05) is 19.6 Å². The number of nitrogens with zero attached hydrogens (tertiary/aromatic N) is 2. The summed E-state index contributed by atoms with van der Waals surface area (Å²) in [6.45, 7) is 1.55. The second-order valence-electron chi connectivity index (χ2n) is 8.05. The molecule has 4 rings (SSSR count). The number of likely N-dealkylation sites (tertiary alicyclic amines) is 1. The van der Waals surface area contributed by atoms with Crippen LogP contribution in [0.5, 0.6) is 5.75 Å². The third kappa shape index (κ3) is 3.77. The van der Waals surface area contributed by atoms with E-state index in [1.165, 1.54) is 36.5 Å². The fourth-order valence-corrected chi connectivity index (χ4v) is 4.70. The summed E-state index contributed by atoms with van der Waals surface area (Å²) < 4.78 is 27.9. The summed E-state index contributed by atoms with van der Waals surface area (Å²) in [5.41, 5.74) is -0.871. The van der Waals surface area contributed by atoms with E-state index in [-0.39, 0.29) is 41.9 Å². The molecular formula is C21H22F2N2O3. The highest BCUT2D eigenvalue weighted by Crippen LogP contribution is 2.45. The Balaban J connectivity index is 1.36. The molecule has 7 heteroatoms. The Labute approximate surface area is 161 Å². The summed E-state index contributed by atoms with van der Waals surface area (Å²) in [5.74, 6) is -0.972. The summed E-state index contributed by atoms with van der Waals surface area (Å²) in [5, 5.41) is 20.2. The van der Waals surface area contributed by atoms with Crippen LogP contribution in [0.1, 0.15) is 28.9 Å². The SMILES string of the molecule is O=C(CN1C[C@@H]2CC(O)(Cc3c(F)cccc3F)C[C@@H]2C1)c1ccc(O)cn1. The quantitative estimate of drug-likeness (QED) is 0.771. The van der Waals surface area contributed by atoms with Crippen molar-refractivity contribution in [2.24, 2.45) is 11.8 Å². The fraction of sp³-hybridized carbons (Fsp3) is 0.429. The maximum absolute atomic E-state index is 13.9. The number of hydrogen-bond acceptors (Lipinski definition) is 5. The number of fused-ring (bicyclic) bond motifs is 1. The number of carbonyl (C=O) groups excluding carboxylic acids is 1. The van der Waals surface area contributed by atoms with Gasteiger partial charge in [-0.15, -0.1) is 0 Å². The Morgan fingerprint density at radius 1 is 1.14 bits per heavy atom. The number of Topliss-reactive ketones (excluding diaryl/α,β-unsaturated/α-hetero) is 1. The van der Waals surface area contributed by atoms with Gasteiger partial charge in [-0.3, -0.25) is 9.69 Å². The van der Waals surface area contributed by atoms with Crippen molar-refractivity contribution in [3.05, 3.63) is 59.4 Å². The largest absolute Gasteiger partial charge is 0.506 e. The van der Waals surface area contributed by atoms with Gasteiger partial charge in [-0.2, -0.15) is 0 Å². The van der Waals surface area contributed by atoms with Crippen molar-refractivity contribution in [3.8, 4) is 5.75 Å². The molecule has 2 heterocycles. The number of aliphatic hydroxyl groups is 1. The standard InChI is InChI=1S/C21H22F2N2O3/c22-17-2-1-3-18(23)16(17)8-21(28)6-13-10-25(11-14(13)7-21)12-20(27)19-5-4-15(26)9-24-19/h1-5,9,13-14,26,28H,6-8,10-12H2/t13-,14+,21?. The summed E-state index contributed by atoms with van der Waals surface area (Å²) in [6, 6.07) is 6.67. The van der Waals surface area contributed by atoms with Gasteiger partial charge in [-0.05, 0) is 48.9 Å². The molecule has 0 bridgehead atoms. The molecule has 28 heavy (non-hydrogen) atoms. The van der Waals surface area contributed by atoms with E-state index in [4.69, 9.17) is 0 Å². The smallest absolute Gasteiger partial charge is 0.195 e. The summed E-state index contributed by atoms with van der Waals surface area (Å²) in [6.07, 6.45) is 2.14. The normalized spacial score (nSPS) is 27.1. The van der Waals surface area contributed by atoms with Crippen LogP contribution in [0.15, 0.2) is 36.5 Å². The average Bonchev–Trinajstić information content (AvgIpc) is 3.13. The van der Waals surface area contributed by atoms with E-state index in [1.54, 1.807) is 0 Å². The molecule has 1 aliphatic heterocycles. The molecule has 0 amide bonds. The Morgan fingerprint density at radius 3 is 2.36 bits per heavy atom. The summed E-state index contributed by atoms with van der Waals surface area (Å²) in [4.78, 5) is 18.3. The zero-order valence-corrected chi connectivity index (χ0v) is 15.3. The number of hydrogen-bond donors (Lipinski definition) is 2. The molecule has 2 aromatic rings. The van der Waals surface area contributed by atoms with Crippen molar-refractivity contribution in [3.63, 3.8) is 0 Å². The molecule has 3 atom stereocenters. The lowest BCUT2D eigenvalue weighted by atomic mass is 9.90. The lowest BCUT2D eigenvalue weighted by Gasteiger charge is -2.26. The maximum atomic E-state index is 13.9. The number of rotatable bonds is 5. The van der Waals surface area contributed by atoms with Crippen LogP contribution in [0.2, 0.25) is 0 Å². The minimum Gasteiger partial charge on any atom is -0.506 e. The predicted molar refractivity (Wildman–Crippen MR) is 97.9 cm³/mol. The zero-order chi connectivity index (χ0) is 19.9. The fourth-order valence-electron chi connectivity index (χ4n) is 4.70. The van der Waals surface area contributed by atoms with Crippen molar-refractivity contribution < 1.29 is 23.8 Å². The lowest BCUT2D eigenvalue weighted by molar-refractivity contribution is 0.0339. The van der Waals surface area contributed by atoms with Crippen LogP contribution in [0.3, 0.4) is 0 Å². The third-order valence-electron chi connectivity index (χ3n) is 5.90. The van der Waals surface area contributed by atoms with Gasteiger partial charge in [0.1, 0.15) is 23.1 Å². The van der Waals surface area contributed by atoms with Crippen LogP contribution in [-0.4, -0.2) is 51.1 Å². The number of carbonyl (C=O) groups is 1. The first-order valence-corrected chi connectivity index (χ1v) is 9.39. The first kappa shape index (κ1) is 19.0. The van der Waals surface area contributed by atoms with Gasteiger partial charge in [0.2, 0.25) is 0 Å². The average molecular weight is 388 g/mol. The number of pyridine rings is 1. The Kier molecular flexibility index (Phi) is 4.89. The highest BCUT2D eigenvalue weighted by Gasteiger charge is 2.48. The number of halogens is 2. The monoisotopic (exact) mass is 388 g/mol. The molecular weight excluding hydrogens is 366 g/mol. The van der Waals surface area contributed by atoms with Crippen molar-refractivity contribution >= 4 is 5.78 Å². The van der Waals surface area contributed by atoms with Gasteiger partial charge < -0.3 is 10.2 Å². The predicted octanol–water partition coefficient (Wildman–Crippen LogP) is 2.56. The minimum atomic E-state index is -1.12. The molecule has 1 aromatic carbocycles. The molecule has 0 spiro atoms. The van der Waals surface area contributed by atoms with Gasteiger partial charge >= 0.3 is 0 Å². The number of benzene rings is 1. The third-order valence-corrected chi connectivity index (χ3v) is 5.90. The van der Waals surface area contributed by atoms with Gasteiger partial charge in [0, 0.05) is 25.1 Å². The maximum Gasteiger partial charge on any atom is 0.195 e. The molecule has 2 aliphatic rings. The van der Waals surface area contributed by atoms with Gasteiger partial charge in [0.05, 0.1) is 18.3 Å². The van der Waals surface area contributed by atoms with Crippen molar-refractivity contribution in [2.45, 2.75) is 24.9 Å². The number of aromatic hydroxyl groups is 1. The number of ketones is 1. The van der Waals surface area contributed by atoms with Gasteiger partial charge in [0.15, 0.2) is 5.78 Å². The van der Waals surface area contributed by atoms with Crippen LogP contribution >= 0.6 is 0 Å². The second kappa shape index (κ2) is 7.22. The van der Waals surface area contributed by atoms with Crippen LogP contribution < -0.4 is 0 Å². The first-order valence-electron chi connectivity index (χ1n) is 9.39. The van der Waals surface area contributed by atoms with Crippen LogP contribution in [-0.2, 0) is 6.42 Å².